The predicted octanol–water partition coefficient (Wildman–Crippen LogP) is 1.24. The van der Waals surface area contributed by atoms with Gasteiger partial charge in [0.05, 0.1) is 18.0 Å². The van der Waals surface area contributed by atoms with Crippen molar-refractivity contribution in [2.45, 2.75) is 44.3 Å². The molecule has 3 saturated heterocycles. The molecule has 9 heteroatoms. The molecule has 3 aliphatic heterocycles. The van der Waals surface area contributed by atoms with Crippen molar-refractivity contribution in [1.82, 2.24) is 14.8 Å². The Morgan fingerprint density at radius 3 is 2.76 bits per heavy atom. The van der Waals surface area contributed by atoms with Gasteiger partial charge in [0.15, 0.2) is 5.13 Å². The number of carbonyl (C=O) groups excluding carboxylic acids is 2. The van der Waals surface area contributed by atoms with Crippen LogP contribution in [0.5, 0.6) is 0 Å². The molecule has 0 saturated carbocycles. The van der Waals surface area contributed by atoms with E-state index in [9.17, 15) is 19.5 Å². The second-order valence-corrected chi connectivity index (χ2v) is 7.70. The molecule has 3 fully saturated rings. The number of fused-ring (bicyclic) bond motifs is 1. The van der Waals surface area contributed by atoms with Crippen LogP contribution in [0.3, 0.4) is 0 Å². The SMILES string of the molecule is C[C@@H]1C(=O)N(c2nccs2)[C@H]2CCN(C(=O)[C@@H]3CCCN3C(=O)O)[C@H]12. The van der Waals surface area contributed by atoms with E-state index in [2.05, 4.69) is 4.98 Å². The monoisotopic (exact) mass is 364 g/mol. The molecule has 1 aromatic heterocycles. The lowest BCUT2D eigenvalue weighted by molar-refractivity contribution is -0.137. The molecule has 0 spiro atoms. The van der Waals surface area contributed by atoms with E-state index >= 15 is 0 Å². The third kappa shape index (κ3) is 2.40. The zero-order valence-electron chi connectivity index (χ0n) is 13.9. The standard InChI is InChI=1S/C16H20N4O4S/c1-9-12-10(20(13(9)21)15-17-5-8-25-15)4-7-19(12)14(22)11-3-2-6-18(11)16(23)24/h5,8-12H,2-4,6-7H2,1H3,(H,23,24)/t9-,10-,11-,12+/m0/s1. The van der Waals surface area contributed by atoms with E-state index in [1.807, 2.05) is 12.3 Å². The minimum atomic E-state index is -1.05. The molecule has 3 aliphatic rings. The number of anilines is 1. The topological polar surface area (TPSA) is 94.1 Å². The zero-order valence-corrected chi connectivity index (χ0v) is 14.7. The van der Waals surface area contributed by atoms with Gasteiger partial charge in [0, 0.05) is 24.7 Å². The summed E-state index contributed by atoms with van der Waals surface area (Å²) in [6, 6.07) is -0.898. The van der Waals surface area contributed by atoms with Crippen LogP contribution < -0.4 is 4.90 Å². The molecule has 134 valence electrons. The Labute approximate surface area is 149 Å². The normalized spacial score (nSPS) is 31.7. The summed E-state index contributed by atoms with van der Waals surface area (Å²) in [6.07, 6.45) is 2.58. The molecule has 1 N–H and O–H groups in total. The molecule has 4 rings (SSSR count). The Balaban J connectivity index is 1.59. The van der Waals surface area contributed by atoms with Crippen molar-refractivity contribution < 1.29 is 19.5 Å². The van der Waals surface area contributed by atoms with Gasteiger partial charge in [-0.05, 0) is 19.3 Å². The minimum Gasteiger partial charge on any atom is -0.465 e. The van der Waals surface area contributed by atoms with E-state index in [1.54, 1.807) is 16.0 Å². The Morgan fingerprint density at radius 2 is 2.08 bits per heavy atom. The Hall–Kier alpha value is -2.16. The fourth-order valence-electron chi connectivity index (χ4n) is 4.48. The number of hydrogen-bond acceptors (Lipinski definition) is 5. The lowest BCUT2D eigenvalue weighted by Crippen LogP contribution is -2.51. The Bertz CT molecular complexity index is 709. The van der Waals surface area contributed by atoms with Gasteiger partial charge >= 0.3 is 6.09 Å². The van der Waals surface area contributed by atoms with E-state index < -0.39 is 12.1 Å². The highest BCUT2D eigenvalue weighted by Gasteiger charge is 2.55. The van der Waals surface area contributed by atoms with Crippen LogP contribution in [0.1, 0.15) is 26.2 Å². The van der Waals surface area contributed by atoms with Crippen LogP contribution >= 0.6 is 11.3 Å². The van der Waals surface area contributed by atoms with Crippen molar-refractivity contribution in [3.05, 3.63) is 11.6 Å². The first-order valence-corrected chi connectivity index (χ1v) is 9.41. The number of carbonyl (C=O) groups is 3. The molecule has 3 amide bonds. The van der Waals surface area contributed by atoms with Gasteiger partial charge in [0.25, 0.3) is 0 Å². The number of likely N-dealkylation sites (tertiary alicyclic amines) is 2. The average Bonchev–Trinajstić information content (AvgIpc) is 3.34. The van der Waals surface area contributed by atoms with Crippen molar-refractivity contribution in [1.29, 1.82) is 0 Å². The van der Waals surface area contributed by atoms with Crippen molar-refractivity contribution in [3.8, 4) is 0 Å². The lowest BCUT2D eigenvalue weighted by Gasteiger charge is -2.31. The first-order chi connectivity index (χ1) is 12.0. The van der Waals surface area contributed by atoms with Crippen molar-refractivity contribution >= 4 is 34.4 Å². The number of nitrogens with zero attached hydrogens (tertiary/aromatic N) is 4. The summed E-state index contributed by atoms with van der Waals surface area (Å²) in [4.78, 5) is 46.1. The summed E-state index contributed by atoms with van der Waals surface area (Å²) in [7, 11) is 0. The summed E-state index contributed by atoms with van der Waals surface area (Å²) in [6.45, 7) is 2.80. The van der Waals surface area contributed by atoms with Crippen LogP contribution in [0.15, 0.2) is 11.6 Å². The number of aromatic nitrogens is 1. The smallest absolute Gasteiger partial charge is 0.407 e. The molecule has 4 atom stereocenters. The van der Waals surface area contributed by atoms with Crippen molar-refractivity contribution in [2.24, 2.45) is 5.92 Å². The molecule has 0 radical (unpaired) electrons. The molecular weight excluding hydrogens is 344 g/mol. The molecule has 25 heavy (non-hydrogen) atoms. The largest absolute Gasteiger partial charge is 0.465 e. The lowest BCUT2D eigenvalue weighted by atomic mass is 10.0. The second-order valence-electron chi connectivity index (χ2n) is 6.82. The fourth-order valence-corrected chi connectivity index (χ4v) is 5.19. The van der Waals surface area contributed by atoms with Crippen LogP contribution in [0, 0.1) is 5.92 Å². The molecule has 0 bridgehead atoms. The maximum absolute atomic E-state index is 13.0. The van der Waals surface area contributed by atoms with E-state index in [-0.39, 0.29) is 29.8 Å². The Morgan fingerprint density at radius 1 is 1.28 bits per heavy atom. The van der Waals surface area contributed by atoms with E-state index in [4.69, 9.17) is 0 Å². The summed E-state index contributed by atoms with van der Waals surface area (Å²) in [5, 5.41) is 11.8. The highest BCUT2D eigenvalue weighted by Crippen LogP contribution is 2.40. The van der Waals surface area contributed by atoms with E-state index in [0.717, 1.165) is 0 Å². The number of amides is 3. The first kappa shape index (κ1) is 16.3. The van der Waals surface area contributed by atoms with Crippen molar-refractivity contribution in [3.63, 3.8) is 0 Å². The van der Waals surface area contributed by atoms with Gasteiger partial charge in [-0.3, -0.25) is 19.4 Å². The maximum atomic E-state index is 13.0. The van der Waals surface area contributed by atoms with Gasteiger partial charge in [-0.15, -0.1) is 11.3 Å². The van der Waals surface area contributed by atoms with E-state index in [1.165, 1.54) is 16.2 Å². The molecule has 8 nitrogen and oxygen atoms in total. The van der Waals surface area contributed by atoms with Crippen LogP contribution in [0.4, 0.5) is 9.93 Å². The summed E-state index contributed by atoms with van der Waals surface area (Å²) in [5.74, 6) is -0.475. The number of thiazole rings is 1. The minimum absolute atomic E-state index is 0.0102. The Kier molecular flexibility index (Phi) is 3.90. The highest BCUT2D eigenvalue weighted by molar-refractivity contribution is 7.13. The second kappa shape index (κ2) is 5.98. The van der Waals surface area contributed by atoms with Crippen LogP contribution in [0.25, 0.3) is 0 Å². The molecule has 1 aromatic rings. The molecule has 4 heterocycles. The van der Waals surface area contributed by atoms with Crippen LogP contribution in [-0.2, 0) is 9.59 Å². The number of rotatable bonds is 2. The molecular formula is C16H20N4O4S. The first-order valence-electron chi connectivity index (χ1n) is 8.53. The summed E-state index contributed by atoms with van der Waals surface area (Å²) < 4.78 is 0. The zero-order chi connectivity index (χ0) is 17.7. The fraction of sp³-hybridized carbons (Fsp3) is 0.625. The number of carboxylic acid groups (broad SMARTS) is 1. The predicted molar refractivity (Wildman–Crippen MR) is 90.4 cm³/mol. The molecule has 0 unspecified atom stereocenters. The third-order valence-corrected chi connectivity index (χ3v) is 6.35. The van der Waals surface area contributed by atoms with Crippen LogP contribution in [0.2, 0.25) is 0 Å². The van der Waals surface area contributed by atoms with Gasteiger partial charge in [0.1, 0.15) is 6.04 Å². The maximum Gasteiger partial charge on any atom is 0.407 e. The summed E-state index contributed by atoms with van der Waals surface area (Å²) in [5.41, 5.74) is 0. The quantitative estimate of drug-likeness (QED) is 0.852. The van der Waals surface area contributed by atoms with Gasteiger partial charge in [-0.25, -0.2) is 9.78 Å². The highest BCUT2D eigenvalue weighted by atomic mass is 32.1. The molecule has 0 aliphatic carbocycles. The third-order valence-electron chi connectivity index (χ3n) is 5.58. The van der Waals surface area contributed by atoms with Gasteiger partial charge in [0.2, 0.25) is 11.8 Å². The summed E-state index contributed by atoms with van der Waals surface area (Å²) >= 11 is 1.42. The molecule has 0 aromatic carbocycles. The van der Waals surface area contributed by atoms with Crippen molar-refractivity contribution in [2.75, 3.05) is 18.0 Å². The van der Waals surface area contributed by atoms with Crippen LogP contribution in [-0.4, -0.2) is 69.0 Å². The number of hydrogen-bond donors (Lipinski definition) is 1. The average molecular weight is 364 g/mol. The van der Waals surface area contributed by atoms with Gasteiger partial charge in [-0.2, -0.15) is 0 Å². The van der Waals surface area contributed by atoms with Gasteiger partial charge < -0.3 is 10.0 Å². The van der Waals surface area contributed by atoms with E-state index in [0.29, 0.717) is 37.5 Å². The van der Waals surface area contributed by atoms with Gasteiger partial charge in [-0.1, -0.05) is 6.92 Å².